The zero-order valence-corrected chi connectivity index (χ0v) is 11.8. The summed E-state index contributed by atoms with van der Waals surface area (Å²) in [7, 11) is 0. The first-order valence-electron chi connectivity index (χ1n) is 6.96. The predicted octanol–water partition coefficient (Wildman–Crippen LogP) is 0.201. The number of amides is 2. The number of hydrogen-bond donors (Lipinski definition) is 2. The van der Waals surface area contributed by atoms with Gasteiger partial charge in [-0.3, -0.25) is 9.59 Å². The van der Waals surface area contributed by atoms with Crippen LogP contribution in [0.2, 0.25) is 0 Å². The van der Waals surface area contributed by atoms with Crippen LogP contribution in [0.15, 0.2) is 18.5 Å². The van der Waals surface area contributed by atoms with E-state index in [9.17, 15) is 9.59 Å². The van der Waals surface area contributed by atoms with Crippen molar-refractivity contribution in [3.8, 4) is 0 Å². The van der Waals surface area contributed by atoms with Gasteiger partial charge < -0.3 is 16.0 Å². The van der Waals surface area contributed by atoms with E-state index in [1.54, 1.807) is 23.4 Å². The summed E-state index contributed by atoms with van der Waals surface area (Å²) in [6, 6.07) is 0. The van der Waals surface area contributed by atoms with Crippen LogP contribution in [-0.4, -0.2) is 46.3 Å². The molecule has 0 aliphatic carbocycles. The van der Waals surface area contributed by atoms with Crippen LogP contribution in [0.3, 0.4) is 0 Å². The summed E-state index contributed by atoms with van der Waals surface area (Å²) in [4.78, 5) is 32.7. The number of carbonyl (C=O) groups excluding carboxylic acids is 2. The van der Waals surface area contributed by atoms with Gasteiger partial charge in [0.1, 0.15) is 0 Å². The minimum Gasteiger partial charge on any atom is -0.368 e. The predicted molar refractivity (Wildman–Crippen MR) is 78.9 cm³/mol. The third-order valence-corrected chi connectivity index (χ3v) is 3.22. The number of anilines is 1. The number of piperidine rings is 1. The van der Waals surface area contributed by atoms with E-state index in [-0.39, 0.29) is 17.8 Å². The van der Waals surface area contributed by atoms with E-state index in [1.807, 2.05) is 0 Å². The van der Waals surface area contributed by atoms with Crippen molar-refractivity contribution in [2.24, 2.45) is 0 Å². The fourth-order valence-corrected chi connectivity index (χ4v) is 2.08. The van der Waals surface area contributed by atoms with E-state index in [2.05, 4.69) is 15.3 Å². The van der Waals surface area contributed by atoms with Gasteiger partial charge in [-0.1, -0.05) is 0 Å². The summed E-state index contributed by atoms with van der Waals surface area (Å²) in [5.74, 6) is 0.157. The third kappa shape index (κ3) is 4.87. The van der Waals surface area contributed by atoms with Crippen molar-refractivity contribution < 1.29 is 9.59 Å². The van der Waals surface area contributed by atoms with Gasteiger partial charge in [-0.25, -0.2) is 9.97 Å². The van der Waals surface area contributed by atoms with Gasteiger partial charge in [-0.05, 0) is 18.9 Å². The Bertz CT molecular complexity index is 527. The molecular weight excluding hydrogens is 270 g/mol. The first-order chi connectivity index (χ1) is 10.1. The minimum atomic E-state index is -0.212. The van der Waals surface area contributed by atoms with Gasteiger partial charge in [0, 0.05) is 50.1 Å². The van der Waals surface area contributed by atoms with E-state index in [0.29, 0.717) is 25.1 Å². The lowest BCUT2D eigenvalue weighted by molar-refractivity contribution is -0.133. The van der Waals surface area contributed by atoms with E-state index < -0.39 is 0 Å². The Balaban J connectivity index is 1.72. The summed E-state index contributed by atoms with van der Waals surface area (Å²) in [6.45, 7) is 1.80. The second-order valence-electron chi connectivity index (χ2n) is 4.84. The Labute approximate surface area is 123 Å². The summed E-state index contributed by atoms with van der Waals surface area (Å²) in [5, 5.41) is 2.75. The smallest absolute Gasteiger partial charge is 0.244 e. The van der Waals surface area contributed by atoms with Crippen LogP contribution in [0.25, 0.3) is 6.08 Å². The van der Waals surface area contributed by atoms with Gasteiger partial charge in [-0.2, -0.15) is 0 Å². The van der Waals surface area contributed by atoms with Gasteiger partial charge in [0.15, 0.2) is 0 Å². The van der Waals surface area contributed by atoms with E-state index in [0.717, 1.165) is 19.4 Å². The Morgan fingerprint density at radius 2 is 2.14 bits per heavy atom. The summed E-state index contributed by atoms with van der Waals surface area (Å²) in [6.07, 6.45) is 8.72. The second kappa shape index (κ2) is 7.37. The average Bonchev–Trinajstić information content (AvgIpc) is 2.49. The molecule has 3 N–H and O–H groups in total. The molecule has 0 radical (unpaired) electrons. The zero-order valence-electron chi connectivity index (χ0n) is 11.8. The number of nitrogens with zero attached hydrogens (tertiary/aromatic N) is 3. The van der Waals surface area contributed by atoms with Crippen LogP contribution in [0.5, 0.6) is 0 Å². The number of likely N-dealkylation sites (tertiary alicyclic amines) is 1. The van der Waals surface area contributed by atoms with Crippen molar-refractivity contribution in [1.82, 2.24) is 20.2 Å². The molecule has 0 atom stereocenters. The van der Waals surface area contributed by atoms with Crippen LogP contribution in [-0.2, 0) is 9.59 Å². The Kier molecular flexibility index (Phi) is 5.25. The molecule has 0 aromatic carbocycles. The lowest BCUT2D eigenvalue weighted by atomic mass is 10.1. The number of hydrogen-bond acceptors (Lipinski definition) is 5. The number of nitrogens with one attached hydrogen (secondary N) is 1. The molecule has 1 aromatic heterocycles. The van der Waals surface area contributed by atoms with Gasteiger partial charge in [-0.15, -0.1) is 0 Å². The molecule has 0 saturated carbocycles. The maximum Gasteiger partial charge on any atom is 0.244 e. The molecule has 1 saturated heterocycles. The molecule has 21 heavy (non-hydrogen) atoms. The molecule has 1 fully saturated rings. The summed E-state index contributed by atoms with van der Waals surface area (Å²) >= 11 is 0. The number of rotatable bonds is 5. The van der Waals surface area contributed by atoms with Crippen molar-refractivity contribution in [1.29, 1.82) is 0 Å². The number of aromatic nitrogens is 2. The minimum absolute atomic E-state index is 0.171. The molecule has 7 heteroatoms. The highest BCUT2D eigenvalue weighted by Crippen LogP contribution is 2.09. The van der Waals surface area contributed by atoms with Gasteiger partial charge in [0.2, 0.25) is 17.8 Å². The second-order valence-corrected chi connectivity index (χ2v) is 4.84. The maximum absolute atomic E-state index is 11.6. The topological polar surface area (TPSA) is 101 Å². The monoisotopic (exact) mass is 289 g/mol. The van der Waals surface area contributed by atoms with Crippen molar-refractivity contribution in [3.05, 3.63) is 24.0 Å². The number of nitrogen functional groups attached to an aromatic ring is 1. The SMILES string of the molecule is Nc1ncc(C=CC(=O)NCCN2CCCCC2=O)cn1. The highest BCUT2D eigenvalue weighted by Gasteiger charge is 2.16. The Morgan fingerprint density at radius 3 is 2.86 bits per heavy atom. The van der Waals surface area contributed by atoms with Gasteiger partial charge >= 0.3 is 0 Å². The zero-order chi connectivity index (χ0) is 15.1. The summed E-state index contributed by atoms with van der Waals surface area (Å²) < 4.78 is 0. The number of nitrogens with two attached hydrogens (primary N) is 1. The van der Waals surface area contributed by atoms with Crippen LogP contribution in [0, 0.1) is 0 Å². The molecule has 0 unspecified atom stereocenters. The molecule has 2 amide bonds. The van der Waals surface area contributed by atoms with Crippen LogP contribution in [0.4, 0.5) is 5.95 Å². The lowest BCUT2D eigenvalue weighted by Crippen LogP contribution is -2.40. The van der Waals surface area contributed by atoms with Crippen LogP contribution in [0.1, 0.15) is 24.8 Å². The molecule has 2 heterocycles. The molecule has 0 spiro atoms. The van der Waals surface area contributed by atoms with E-state index in [1.165, 1.54) is 6.08 Å². The fourth-order valence-electron chi connectivity index (χ4n) is 2.08. The van der Waals surface area contributed by atoms with Crippen LogP contribution >= 0.6 is 0 Å². The molecule has 0 bridgehead atoms. The Morgan fingerprint density at radius 1 is 1.38 bits per heavy atom. The van der Waals surface area contributed by atoms with Crippen LogP contribution < -0.4 is 11.1 Å². The van der Waals surface area contributed by atoms with Gasteiger partial charge in [0.05, 0.1) is 0 Å². The van der Waals surface area contributed by atoms with Crippen molar-refractivity contribution in [3.63, 3.8) is 0 Å². The van der Waals surface area contributed by atoms with Crippen molar-refractivity contribution >= 4 is 23.8 Å². The molecule has 112 valence electrons. The summed E-state index contributed by atoms with van der Waals surface area (Å²) in [5.41, 5.74) is 6.07. The van der Waals surface area contributed by atoms with Gasteiger partial charge in [0.25, 0.3) is 0 Å². The lowest BCUT2D eigenvalue weighted by Gasteiger charge is -2.26. The molecule has 7 nitrogen and oxygen atoms in total. The number of carbonyl (C=O) groups is 2. The van der Waals surface area contributed by atoms with Crippen molar-refractivity contribution in [2.75, 3.05) is 25.4 Å². The quantitative estimate of drug-likeness (QED) is 0.754. The average molecular weight is 289 g/mol. The standard InChI is InChI=1S/C14H19N5O2/c15-14-17-9-11(10-18-14)4-5-12(20)16-6-8-19-7-2-1-3-13(19)21/h4-5,9-10H,1-3,6-8H2,(H,16,20)(H2,15,17,18). The highest BCUT2D eigenvalue weighted by atomic mass is 16.2. The first-order valence-corrected chi connectivity index (χ1v) is 6.96. The third-order valence-electron chi connectivity index (χ3n) is 3.22. The first kappa shape index (κ1) is 15.0. The molecule has 2 rings (SSSR count). The Hall–Kier alpha value is -2.44. The van der Waals surface area contributed by atoms with Crippen molar-refractivity contribution in [2.45, 2.75) is 19.3 Å². The van der Waals surface area contributed by atoms with E-state index in [4.69, 9.17) is 5.73 Å². The molecule has 1 aliphatic rings. The molecule has 1 aliphatic heterocycles. The fraction of sp³-hybridized carbons (Fsp3) is 0.429. The maximum atomic E-state index is 11.6. The normalized spacial score (nSPS) is 15.4. The molecule has 1 aromatic rings. The van der Waals surface area contributed by atoms with E-state index >= 15 is 0 Å². The largest absolute Gasteiger partial charge is 0.368 e. The molecular formula is C14H19N5O2. The highest BCUT2D eigenvalue weighted by molar-refractivity contribution is 5.91.